The van der Waals surface area contributed by atoms with Crippen molar-refractivity contribution in [2.75, 3.05) is 32.8 Å². The van der Waals surface area contributed by atoms with Crippen LogP contribution in [0.3, 0.4) is 0 Å². The van der Waals surface area contributed by atoms with E-state index in [4.69, 9.17) is 9.79 Å². The van der Waals surface area contributed by atoms with E-state index < -0.39 is 71.9 Å². The summed E-state index contributed by atoms with van der Waals surface area (Å²) in [5.41, 5.74) is 1.59. The molecule has 6 N–H and O–H groups in total. The Balaban J connectivity index is 1.81. The van der Waals surface area contributed by atoms with Crippen molar-refractivity contribution in [1.29, 1.82) is 0 Å². The maximum Gasteiger partial charge on any atom is 0.526 e. The maximum atomic E-state index is 13.4. The third kappa shape index (κ3) is 6.88. The molecule has 3 atom stereocenters. The van der Waals surface area contributed by atoms with E-state index in [2.05, 4.69) is 5.32 Å². The number of nitrogens with one attached hydrogen (secondary N) is 2. The molecular formula is C22H32BN5O9S. The molecule has 16 heteroatoms. The Labute approximate surface area is 220 Å². The number of nitrogens with zero attached hydrogens (tertiary/aromatic N) is 2. The molecule has 1 aromatic carbocycles. The van der Waals surface area contributed by atoms with Crippen LogP contribution in [0.4, 0.5) is 4.79 Å². The van der Waals surface area contributed by atoms with Crippen LogP contribution in [0.15, 0.2) is 18.2 Å². The summed E-state index contributed by atoms with van der Waals surface area (Å²) < 4.78 is 30.5. The van der Waals surface area contributed by atoms with Gasteiger partial charge in [-0.15, -0.1) is 0 Å². The molecule has 208 valence electrons. The first-order valence-electron chi connectivity index (χ1n) is 12.1. The number of aliphatic hydroxyl groups excluding tert-OH is 1. The van der Waals surface area contributed by atoms with Crippen molar-refractivity contribution in [3.8, 4) is 5.75 Å². The average Bonchev–Trinajstić information content (AvgIpc) is 2.85. The number of aryl methyl sites for hydroxylation is 1. The molecule has 2 unspecified atom stereocenters. The Kier molecular flexibility index (Phi) is 9.48. The molecule has 2 aliphatic heterocycles. The Morgan fingerprint density at radius 1 is 1.26 bits per heavy atom. The molecule has 38 heavy (non-hydrogen) atoms. The van der Waals surface area contributed by atoms with Crippen molar-refractivity contribution >= 4 is 41.0 Å². The van der Waals surface area contributed by atoms with Crippen LogP contribution in [0.1, 0.15) is 24.5 Å². The lowest BCUT2D eigenvalue weighted by Gasteiger charge is -2.34. The number of aliphatic hydroxyl groups is 1. The van der Waals surface area contributed by atoms with Crippen molar-refractivity contribution < 1.29 is 42.4 Å². The third-order valence-corrected chi connectivity index (χ3v) is 7.26. The fraction of sp³-hybridized carbons (Fsp3) is 0.545. The maximum absolute atomic E-state index is 13.4. The normalized spacial score (nSPS) is 19.5. The monoisotopic (exact) mass is 553 g/mol. The minimum Gasteiger partial charge on any atom is -0.536 e. The Morgan fingerprint density at radius 3 is 2.61 bits per heavy atom. The molecule has 1 aromatic rings. The highest BCUT2D eigenvalue weighted by molar-refractivity contribution is 7.87. The summed E-state index contributed by atoms with van der Waals surface area (Å²) in [6, 6.07) is 2.90. The molecule has 2 aliphatic rings. The number of piperazine rings is 1. The Morgan fingerprint density at radius 2 is 1.97 bits per heavy atom. The SMILES string of the molecule is CCN1CCN(C(=O)NC(C(=O)C[C@H]2Cc3cccc(C)c3OB2O)C(CO)CNS(N)(=O)=O)C(=O)C1=O. The number of carbonyl (C=O) groups is 4. The van der Waals surface area contributed by atoms with Gasteiger partial charge in [0, 0.05) is 50.9 Å². The highest BCUT2D eigenvalue weighted by Crippen LogP contribution is 2.36. The van der Waals surface area contributed by atoms with Crippen LogP contribution in [0.5, 0.6) is 5.75 Å². The summed E-state index contributed by atoms with van der Waals surface area (Å²) in [5, 5.41) is 27.9. The first-order valence-corrected chi connectivity index (χ1v) is 13.7. The van der Waals surface area contributed by atoms with Crippen LogP contribution >= 0.6 is 0 Å². The minimum absolute atomic E-state index is 0.105. The van der Waals surface area contributed by atoms with Crippen molar-refractivity contribution in [2.45, 2.75) is 38.5 Å². The Hall–Kier alpha value is -3.05. The molecule has 14 nitrogen and oxygen atoms in total. The van der Waals surface area contributed by atoms with Gasteiger partial charge < -0.3 is 25.0 Å². The lowest BCUT2D eigenvalue weighted by molar-refractivity contribution is -0.153. The molecule has 1 saturated heterocycles. The molecular weight excluding hydrogens is 521 g/mol. The van der Waals surface area contributed by atoms with Crippen molar-refractivity contribution in [3.05, 3.63) is 29.3 Å². The number of para-hydroxylation sites is 1. The van der Waals surface area contributed by atoms with Gasteiger partial charge in [-0.05, 0) is 31.4 Å². The van der Waals surface area contributed by atoms with Crippen LogP contribution in [0.2, 0.25) is 5.82 Å². The zero-order chi connectivity index (χ0) is 28.2. The highest BCUT2D eigenvalue weighted by atomic mass is 32.2. The van der Waals surface area contributed by atoms with E-state index in [-0.39, 0.29) is 32.5 Å². The third-order valence-electron chi connectivity index (χ3n) is 6.69. The predicted octanol–water partition coefficient (Wildman–Crippen LogP) is -2.09. The number of benzene rings is 1. The van der Waals surface area contributed by atoms with Gasteiger partial charge in [0.1, 0.15) is 5.75 Å². The molecule has 4 amide bonds. The second-order valence-corrected chi connectivity index (χ2v) is 10.7. The van der Waals surface area contributed by atoms with Crippen LogP contribution in [-0.2, 0) is 31.0 Å². The molecule has 2 heterocycles. The fourth-order valence-electron chi connectivity index (χ4n) is 4.55. The summed E-state index contributed by atoms with van der Waals surface area (Å²) in [4.78, 5) is 53.1. The van der Waals surface area contributed by atoms with Gasteiger partial charge in [0.25, 0.3) is 10.2 Å². The summed E-state index contributed by atoms with van der Waals surface area (Å²) >= 11 is 0. The van der Waals surface area contributed by atoms with E-state index in [0.717, 1.165) is 11.1 Å². The zero-order valence-corrected chi connectivity index (χ0v) is 21.9. The number of fused-ring (bicyclic) bond motifs is 1. The summed E-state index contributed by atoms with van der Waals surface area (Å²) in [7, 11) is -5.53. The van der Waals surface area contributed by atoms with Gasteiger partial charge in [0.2, 0.25) is 0 Å². The van der Waals surface area contributed by atoms with Gasteiger partial charge in [-0.25, -0.2) is 14.7 Å². The number of rotatable bonds is 10. The Bertz CT molecular complexity index is 1200. The van der Waals surface area contributed by atoms with E-state index in [0.29, 0.717) is 10.6 Å². The quantitative estimate of drug-likeness (QED) is 0.159. The van der Waals surface area contributed by atoms with Crippen LogP contribution < -0.4 is 19.8 Å². The standard InChI is InChI=1S/C22H32BN5O9S/c1-3-27-7-8-28(21(32)20(27)31)22(33)26-18(15(12-29)11-25-38(24,35)36)17(30)10-16-9-14-6-4-5-13(2)19(14)37-23(16)34/h4-6,15-16,18,25,29,34H,3,7-12H2,1-2H3,(H,26,33)(H2,24,35,36)/t15?,16-,18?/m1/s1. The first kappa shape index (κ1) is 29.5. The van der Waals surface area contributed by atoms with Crippen LogP contribution in [0, 0.1) is 12.8 Å². The topological polar surface area (TPSA) is 209 Å². The van der Waals surface area contributed by atoms with E-state index >= 15 is 0 Å². The van der Waals surface area contributed by atoms with Gasteiger partial charge in [0.15, 0.2) is 5.78 Å². The predicted molar refractivity (Wildman–Crippen MR) is 135 cm³/mol. The molecule has 3 rings (SSSR count). The van der Waals surface area contributed by atoms with E-state index in [1.54, 1.807) is 13.0 Å². The molecule has 0 aliphatic carbocycles. The largest absolute Gasteiger partial charge is 0.536 e. The molecule has 0 saturated carbocycles. The number of carbonyl (C=O) groups excluding carboxylic acids is 4. The van der Waals surface area contributed by atoms with E-state index in [9.17, 15) is 37.7 Å². The average molecular weight is 553 g/mol. The molecule has 0 aromatic heterocycles. The van der Waals surface area contributed by atoms with Gasteiger partial charge in [0.05, 0.1) is 6.04 Å². The number of likely N-dealkylation sites (N-methyl/N-ethyl adjacent to an activating group) is 1. The summed E-state index contributed by atoms with van der Waals surface area (Å²) in [6.07, 6.45) is -0.0162. The lowest BCUT2D eigenvalue weighted by atomic mass is 9.64. The number of imide groups is 1. The number of hydrogen-bond acceptors (Lipinski definition) is 9. The number of amides is 4. The van der Waals surface area contributed by atoms with E-state index in [1.807, 2.05) is 23.8 Å². The second-order valence-electron chi connectivity index (χ2n) is 9.31. The number of hydrogen-bond donors (Lipinski definition) is 5. The highest BCUT2D eigenvalue weighted by Gasteiger charge is 2.41. The molecule has 0 bridgehead atoms. The van der Waals surface area contributed by atoms with Crippen LogP contribution in [0.25, 0.3) is 0 Å². The fourth-order valence-corrected chi connectivity index (χ4v) is 5.00. The van der Waals surface area contributed by atoms with Crippen molar-refractivity contribution in [2.24, 2.45) is 11.1 Å². The van der Waals surface area contributed by atoms with Gasteiger partial charge in [-0.3, -0.25) is 19.3 Å². The number of nitrogens with two attached hydrogens (primary N) is 1. The lowest BCUT2D eigenvalue weighted by Crippen LogP contribution is -2.61. The summed E-state index contributed by atoms with van der Waals surface area (Å²) in [5.74, 6) is -3.96. The smallest absolute Gasteiger partial charge is 0.526 e. The van der Waals surface area contributed by atoms with Crippen molar-refractivity contribution in [3.63, 3.8) is 0 Å². The number of ketones is 1. The van der Waals surface area contributed by atoms with Gasteiger partial charge >= 0.3 is 25.0 Å². The number of Topliss-reactive ketones (excluding diaryl/α,β-unsaturated/α-hetero) is 1. The zero-order valence-electron chi connectivity index (χ0n) is 21.1. The van der Waals surface area contributed by atoms with Crippen molar-refractivity contribution in [1.82, 2.24) is 19.8 Å². The number of urea groups is 1. The summed E-state index contributed by atoms with van der Waals surface area (Å²) in [6.45, 7) is 2.53. The first-order chi connectivity index (χ1) is 17.9. The minimum atomic E-state index is -4.20. The molecule has 0 radical (unpaired) electrons. The van der Waals surface area contributed by atoms with E-state index in [1.165, 1.54) is 4.90 Å². The molecule has 1 fully saturated rings. The second kappa shape index (κ2) is 12.2. The van der Waals surface area contributed by atoms with Gasteiger partial charge in [-0.2, -0.15) is 8.42 Å². The van der Waals surface area contributed by atoms with Gasteiger partial charge in [-0.1, -0.05) is 18.2 Å². The van der Waals surface area contributed by atoms with Crippen LogP contribution in [-0.4, -0.2) is 97.9 Å². The molecule has 0 spiro atoms.